The van der Waals surface area contributed by atoms with Crippen LogP contribution in [0.1, 0.15) is 31.0 Å². The first-order valence-electron chi connectivity index (χ1n) is 10.2. The molecule has 0 N–H and O–H groups in total. The molecule has 8 heteroatoms. The second-order valence-electron chi connectivity index (χ2n) is 9.04. The summed E-state index contributed by atoms with van der Waals surface area (Å²) in [6.45, 7) is 4.49. The lowest BCUT2D eigenvalue weighted by Gasteiger charge is -2.40. The summed E-state index contributed by atoms with van der Waals surface area (Å²) in [4.78, 5) is 38.9. The molecule has 0 radical (unpaired) electrons. The molecular weight excluding hydrogens is 398 g/mol. The second-order valence-corrected chi connectivity index (χ2v) is 9.04. The highest BCUT2D eigenvalue weighted by Gasteiger charge is 2.52. The van der Waals surface area contributed by atoms with E-state index >= 15 is 0 Å². The van der Waals surface area contributed by atoms with E-state index in [1.165, 1.54) is 11.6 Å². The molecule has 0 spiro atoms. The van der Waals surface area contributed by atoms with Crippen molar-refractivity contribution >= 4 is 22.0 Å². The maximum atomic E-state index is 13.5. The normalized spacial score (nSPS) is 21.0. The standard InChI is InChI=1S/C23H21N3O5/c1-23(2)13-10-26-14(9-12-19(26)24(3)22(29)25(4)20(12)28)16(13)17-18(27)11-7-5-6-8-15(11)30-21(17)31-23/h5-9,13,16H,10H2,1-4H3/t13-,16-/m1/s1. The van der Waals surface area contributed by atoms with Crippen LogP contribution in [0.2, 0.25) is 0 Å². The van der Waals surface area contributed by atoms with Crippen LogP contribution in [0.15, 0.2) is 49.1 Å². The monoisotopic (exact) mass is 419 g/mol. The first kappa shape index (κ1) is 18.2. The largest absolute Gasteiger partial charge is 0.458 e. The van der Waals surface area contributed by atoms with Crippen molar-refractivity contribution in [3.8, 4) is 5.95 Å². The quantitative estimate of drug-likeness (QED) is 0.435. The van der Waals surface area contributed by atoms with Gasteiger partial charge in [-0.05, 0) is 32.0 Å². The Morgan fingerprint density at radius 3 is 2.55 bits per heavy atom. The predicted octanol–water partition coefficient (Wildman–Crippen LogP) is 2.08. The second kappa shape index (κ2) is 5.57. The molecule has 0 fully saturated rings. The molecule has 0 aliphatic carbocycles. The lowest BCUT2D eigenvalue weighted by atomic mass is 9.75. The van der Waals surface area contributed by atoms with E-state index in [1.54, 1.807) is 19.2 Å². The van der Waals surface area contributed by atoms with Gasteiger partial charge in [0.25, 0.3) is 11.5 Å². The molecule has 2 atom stereocenters. The Morgan fingerprint density at radius 1 is 1.03 bits per heavy atom. The number of hydrogen-bond acceptors (Lipinski definition) is 5. The number of aromatic nitrogens is 3. The molecule has 0 amide bonds. The maximum absolute atomic E-state index is 13.5. The van der Waals surface area contributed by atoms with Crippen molar-refractivity contribution in [2.75, 3.05) is 0 Å². The molecule has 0 unspecified atom stereocenters. The third-order valence-electron chi connectivity index (χ3n) is 6.99. The summed E-state index contributed by atoms with van der Waals surface area (Å²) in [6.07, 6.45) is 0. The van der Waals surface area contributed by atoms with E-state index in [1.807, 2.05) is 36.6 Å². The number of ether oxygens (including phenoxy) is 1. The third-order valence-corrected chi connectivity index (χ3v) is 6.99. The van der Waals surface area contributed by atoms with Crippen LogP contribution in [0, 0.1) is 5.92 Å². The van der Waals surface area contributed by atoms with Gasteiger partial charge in [0.15, 0.2) is 0 Å². The lowest BCUT2D eigenvalue weighted by molar-refractivity contribution is -0.00359. The molecule has 158 valence electrons. The van der Waals surface area contributed by atoms with Crippen LogP contribution in [0.4, 0.5) is 0 Å². The molecule has 4 aromatic rings. The molecule has 31 heavy (non-hydrogen) atoms. The SMILES string of the molecule is Cn1c(=O)c2cc3n(c2n(C)c1=O)C[C@@H]1[C@H]3c2c(oc3ccccc3c2=O)OC1(C)C. The minimum atomic E-state index is -0.611. The fourth-order valence-electron chi connectivity index (χ4n) is 5.38. The number of hydrogen-bond donors (Lipinski definition) is 0. The number of benzene rings is 1. The Bertz CT molecular complexity index is 1620. The van der Waals surface area contributed by atoms with Gasteiger partial charge in [-0.15, -0.1) is 0 Å². The number of fused-ring (bicyclic) bond motifs is 8. The van der Waals surface area contributed by atoms with Crippen LogP contribution in [0.5, 0.6) is 5.95 Å². The molecular formula is C23H21N3O5. The first-order valence-corrected chi connectivity index (χ1v) is 10.2. The summed E-state index contributed by atoms with van der Waals surface area (Å²) < 4.78 is 16.8. The van der Waals surface area contributed by atoms with Crippen molar-refractivity contribution in [3.63, 3.8) is 0 Å². The summed E-state index contributed by atoms with van der Waals surface area (Å²) in [6, 6.07) is 8.95. The Balaban J connectivity index is 1.73. The van der Waals surface area contributed by atoms with E-state index < -0.39 is 5.60 Å². The number of para-hydroxylation sites is 1. The number of nitrogens with zero attached hydrogens (tertiary/aromatic N) is 3. The predicted molar refractivity (Wildman–Crippen MR) is 115 cm³/mol. The number of aryl methyl sites for hydroxylation is 1. The molecule has 5 heterocycles. The fraction of sp³-hybridized carbons (Fsp3) is 0.348. The van der Waals surface area contributed by atoms with E-state index in [9.17, 15) is 14.4 Å². The zero-order chi connectivity index (χ0) is 21.8. The zero-order valence-electron chi connectivity index (χ0n) is 17.6. The van der Waals surface area contributed by atoms with Crippen molar-refractivity contribution in [2.45, 2.75) is 31.9 Å². The molecule has 0 saturated heterocycles. The van der Waals surface area contributed by atoms with Gasteiger partial charge in [-0.1, -0.05) is 12.1 Å². The average molecular weight is 419 g/mol. The zero-order valence-corrected chi connectivity index (χ0v) is 17.6. The van der Waals surface area contributed by atoms with Crippen molar-refractivity contribution < 1.29 is 9.15 Å². The fourth-order valence-corrected chi connectivity index (χ4v) is 5.38. The smallest absolute Gasteiger partial charge is 0.332 e. The number of rotatable bonds is 0. The van der Waals surface area contributed by atoms with Gasteiger partial charge in [0.05, 0.1) is 16.3 Å². The first-order chi connectivity index (χ1) is 14.7. The molecule has 6 rings (SSSR count). The highest BCUT2D eigenvalue weighted by atomic mass is 16.6. The molecule has 0 saturated carbocycles. The van der Waals surface area contributed by atoms with Crippen LogP contribution in [-0.4, -0.2) is 19.3 Å². The Labute approximate surface area is 175 Å². The van der Waals surface area contributed by atoms with Crippen LogP contribution in [0.25, 0.3) is 22.0 Å². The summed E-state index contributed by atoms with van der Waals surface area (Å²) in [5, 5.41) is 0.968. The Hall–Kier alpha value is -3.55. The van der Waals surface area contributed by atoms with E-state index in [2.05, 4.69) is 0 Å². The maximum Gasteiger partial charge on any atom is 0.332 e. The molecule has 1 aromatic carbocycles. The van der Waals surface area contributed by atoms with Gasteiger partial charge < -0.3 is 13.7 Å². The minimum absolute atomic E-state index is 0.0531. The van der Waals surface area contributed by atoms with Crippen molar-refractivity contribution in [3.05, 3.63) is 72.7 Å². The molecule has 8 nitrogen and oxygen atoms in total. The molecule has 0 bridgehead atoms. The lowest BCUT2D eigenvalue weighted by Crippen LogP contribution is -2.45. The molecule has 3 aromatic heterocycles. The van der Waals surface area contributed by atoms with Gasteiger partial charge >= 0.3 is 5.69 Å². The van der Waals surface area contributed by atoms with Crippen molar-refractivity contribution in [1.82, 2.24) is 13.7 Å². The Kier molecular flexibility index (Phi) is 3.28. The van der Waals surface area contributed by atoms with Gasteiger partial charge in [-0.3, -0.25) is 18.7 Å². The van der Waals surface area contributed by atoms with E-state index in [-0.39, 0.29) is 34.5 Å². The topological polar surface area (TPSA) is 88.4 Å². The summed E-state index contributed by atoms with van der Waals surface area (Å²) in [5.41, 5.74) is 0.909. The Morgan fingerprint density at radius 2 is 1.77 bits per heavy atom. The van der Waals surface area contributed by atoms with E-state index in [0.717, 1.165) is 10.3 Å². The van der Waals surface area contributed by atoms with Crippen molar-refractivity contribution in [2.24, 2.45) is 20.0 Å². The van der Waals surface area contributed by atoms with Crippen LogP contribution < -0.4 is 21.4 Å². The average Bonchev–Trinajstić information content (AvgIpc) is 3.28. The molecule has 2 aliphatic heterocycles. The minimum Gasteiger partial charge on any atom is -0.458 e. The summed E-state index contributed by atoms with van der Waals surface area (Å²) >= 11 is 0. The van der Waals surface area contributed by atoms with Gasteiger partial charge in [0.1, 0.15) is 16.8 Å². The van der Waals surface area contributed by atoms with Crippen LogP contribution in [-0.2, 0) is 20.6 Å². The third kappa shape index (κ3) is 2.12. The van der Waals surface area contributed by atoms with Gasteiger partial charge in [0.2, 0.25) is 5.43 Å². The van der Waals surface area contributed by atoms with Crippen LogP contribution >= 0.6 is 0 Å². The van der Waals surface area contributed by atoms with Gasteiger partial charge in [-0.25, -0.2) is 4.79 Å². The van der Waals surface area contributed by atoms with Gasteiger partial charge in [0, 0.05) is 38.2 Å². The molecule has 2 aliphatic rings. The highest BCUT2D eigenvalue weighted by Crippen LogP contribution is 2.52. The highest BCUT2D eigenvalue weighted by molar-refractivity contribution is 5.80. The van der Waals surface area contributed by atoms with E-state index in [4.69, 9.17) is 9.15 Å². The van der Waals surface area contributed by atoms with Gasteiger partial charge in [-0.2, -0.15) is 0 Å². The summed E-state index contributed by atoms with van der Waals surface area (Å²) in [5.74, 6) is -0.120. The van der Waals surface area contributed by atoms with Crippen LogP contribution in [0.3, 0.4) is 0 Å². The summed E-state index contributed by atoms with van der Waals surface area (Å²) in [7, 11) is 3.14. The van der Waals surface area contributed by atoms with Crippen molar-refractivity contribution in [1.29, 1.82) is 0 Å². The van der Waals surface area contributed by atoms with E-state index in [0.29, 0.717) is 34.1 Å².